The molecular formula is C27H40O4. The van der Waals surface area contributed by atoms with Gasteiger partial charge in [-0.2, -0.15) is 0 Å². The van der Waals surface area contributed by atoms with Crippen molar-refractivity contribution < 1.29 is 19.1 Å². The molecule has 7 atom stereocenters. The van der Waals surface area contributed by atoms with Crippen LogP contribution in [-0.2, 0) is 19.1 Å². The van der Waals surface area contributed by atoms with Crippen LogP contribution in [-0.4, -0.2) is 25.2 Å². The molecular weight excluding hydrogens is 388 g/mol. The second-order valence-corrected chi connectivity index (χ2v) is 11.2. The minimum Gasteiger partial charge on any atom is -0.469 e. The lowest BCUT2D eigenvalue weighted by molar-refractivity contribution is -0.150. The zero-order valence-corrected chi connectivity index (χ0v) is 20.0. The van der Waals surface area contributed by atoms with Crippen molar-refractivity contribution in [3.8, 4) is 0 Å². The van der Waals surface area contributed by atoms with Gasteiger partial charge >= 0.3 is 11.9 Å². The van der Waals surface area contributed by atoms with Gasteiger partial charge in [0.1, 0.15) is 6.10 Å². The average Bonchev–Trinajstić information content (AvgIpc) is 3.09. The largest absolute Gasteiger partial charge is 0.469 e. The number of allylic oxidation sites excluding steroid dienone is 4. The topological polar surface area (TPSA) is 52.6 Å². The van der Waals surface area contributed by atoms with Gasteiger partial charge < -0.3 is 9.47 Å². The zero-order chi connectivity index (χ0) is 22.4. The molecule has 31 heavy (non-hydrogen) atoms. The Morgan fingerprint density at radius 2 is 1.97 bits per heavy atom. The number of carbonyl (C=O) groups is 2. The van der Waals surface area contributed by atoms with E-state index in [-0.39, 0.29) is 23.5 Å². The van der Waals surface area contributed by atoms with Crippen LogP contribution in [0.5, 0.6) is 0 Å². The molecule has 2 fully saturated rings. The van der Waals surface area contributed by atoms with Crippen molar-refractivity contribution in [2.75, 3.05) is 7.11 Å². The molecule has 4 nitrogen and oxygen atoms in total. The standard InChI is InChI=1S/C27H40O4/c1-17(6-11-25(29)30-5)22-9-10-23-21-8-7-19-16-20(31-18(2)28)12-14-26(19,3)24(21)13-15-27(22,23)4/h8,13,17,19-20,22-23H,6-7,9-12,14-16H2,1-5H3/t17-,19+,20+,22-,23+,26+,27+/m0/s1. The fraction of sp³-hybridized carbons (Fsp3) is 0.778. The average molecular weight is 429 g/mol. The lowest BCUT2D eigenvalue weighted by atomic mass is 9.51. The predicted octanol–water partition coefficient (Wildman–Crippen LogP) is 6.01. The van der Waals surface area contributed by atoms with Crippen molar-refractivity contribution in [2.24, 2.45) is 34.5 Å². The molecule has 2 saturated carbocycles. The van der Waals surface area contributed by atoms with Crippen LogP contribution in [0.1, 0.15) is 85.5 Å². The summed E-state index contributed by atoms with van der Waals surface area (Å²) in [6.07, 6.45) is 14.5. The first kappa shape index (κ1) is 22.6. The van der Waals surface area contributed by atoms with Crippen LogP contribution in [0.3, 0.4) is 0 Å². The van der Waals surface area contributed by atoms with Gasteiger partial charge in [0, 0.05) is 13.3 Å². The van der Waals surface area contributed by atoms with Crippen molar-refractivity contribution in [2.45, 2.75) is 91.6 Å². The first-order valence-electron chi connectivity index (χ1n) is 12.3. The van der Waals surface area contributed by atoms with E-state index in [4.69, 9.17) is 9.47 Å². The molecule has 0 aromatic heterocycles. The van der Waals surface area contributed by atoms with Gasteiger partial charge in [-0.3, -0.25) is 9.59 Å². The fourth-order valence-electron chi connectivity index (χ4n) is 7.78. The SMILES string of the molecule is COC(=O)CC[C@H](C)[C@@H]1CC[C@@H]2C3=CC[C@@H]4C[C@H](OC(C)=O)CC[C@@]4(C)C3=CC[C@@]21C. The molecule has 0 aromatic rings. The van der Waals surface area contributed by atoms with Gasteiger partial charge in [0.2, 0.25) is 0 Å². The molecule has 4 aliphatic rings. The summed E-state index contributed by atoms with van der Waals surface area (Å²) in [6.45, 7) is 8.84. The number of ether oxygens (including phenoxy) is 2. The van der Waals surface area contributed by atoms with Crippen molar-refractivity contribution in [1.82, 2.24) is 0 Å². The Bertz CT molecular complexity index is 795. The van der Waals surface area contributed by atoms with E-state index in [9.17, 15) is 9.59 Å². The molecule has 0 heterocycles. The lowest BCUT2D eigenvalue weighted by Crippen LogP contribution is -2.45. The molecule has 0 spiro atoms. The van der Waals surface area contributed by atoms with Crippen LogP contribution in [0.2, 0.25) is 0 Å². The van der Waals surface area contributed by atoms with E-state index in [0.717, 1.165) is 38.5 Å². The highest BCUT2D eigenvalue weighted by Gasteiger charge is 2.55. The van der Waals surface area contributed by atoms with E-state index in [1.54, 1.807) is 11.1 Å². The van der Waals surface area contributed by atoms with Gasteiger partial charge in [-0.05, 0) is 97.0 Å². The number of hydrogen-bond acceptors (Lipinski definition) is 4. The Labute approximate surface area is 187 Å². The van der Waals surface area contributed by atoms with E-state index in [2.05, 4.69) is 32.9 Å². The zero-order valence-electron chi connectivity index (χ0n) is 20.0. The van der Waals surface area contributed by atoms with Crippen molar-refractivity contribution in [1.29, 1.82) is 0 Å². The third-order valence-electron chi connectivity index (χ3n) is 9.56. The molecule has 0 bridgehead atoms. The van der Waals surface area contributed by atoms with Gasteiger partial charge in [0.15, 0.2) is 0 Å². The summed E-state index contributed by atoms with van der Waals surface area (Å²) >= 11 is 0. The minimum atomic E-state index is -0.147. The van der Waals surface area contributed by atoms with Crippen LogP contribution in [0.25, 0.3) is 0 Å². The molecule has 0 aromatic carbocycles. The van der Waals surface area contributed by atoms with E-state index in [0.29, 0.717) is 35.5 Å². The van der Waals surface area contributed by atoms with E-state index < -0.39 is 0 Å². The van der Waals surface area contributed by atoms with Crippen LogP contribution in [0, 0.1) is 34.5 Å². The van der Waals surface area contributed by atoms with Crippen LogP contribution >= 0.6 is 0 Å². The van der Waals surface area contributed by atoms with Gasteiger partial charge in [0.25, 0.3) is 0 Å². The number of hydrogen-bond donors (Lipinski definition) is 0. The maximum absolute atomic E-state index is 11.7. The number of fused-ring (bicyclic) bond motifs is 5. The summed E-state index contributed by atoms with van der Waals surface area (Å²) in [7, 11) is 1.48. The summed E-state index contributed by atoms with van der Waals surface area (Å²) in [5, 5.41) is 0. The van der Waals surface area contributed by atoms with Crippen LogP contribution in [0.15, 0.2) is 23.3 Å². The maximum atomic E-state index is 11.7. The second kappa shape index (κ2) is 8.41. The number of carbonyl (C=O) groups excluding carboxylic acids is 2. The monoisotopic (exact) mass is 428 g/mol. The van der Waals surface area contributed by atoms with Gasteiger partial charge in [-0.1, -0.05) is 32.9 Å². The highest BCUT2D eigenvalue weighted by molar-refractivity contribution is 5.69. The molecule has 0 N–H and O–H groups in total. The Morgan fingerprint density at radius 3 is 2.68 bits per heavy atom. The van der Waals surface area contributed by atoms with E-state index in [1.807, 2.05) is 0 Å². The Hall–Kier alpha value is -1.58. The van der Waals surface area contributed by atoms with Gasteiger partial charge in [-0.15, -0.1) is 0 Å². The van der Waals surface area contributed by atoms with Gasteiger partial charge in [-0.25, -0.2) is 0 Å². The summed E-state index contributed by atoms with van der Waals surface area (Å²) in [5.41, 5.74) is 3.75. The summed E-state index contributed by atoms with van der Waals surface area (Å²) < 4.78 is 10.5. The number of methoxy groups -OCH3 is 1. The molecule has 4 heteroatoms. The third-order valence-corrected chi connectivity index (χ3v) is 9.56. The van der Waals surface area contributed by atoms with Gasteiger partial charge in [0.05, 0.1) is 7.11 Å². The Kier molecular flexibility index (Phi) is 6.13. The lowest BCUT2D eigenvalue weighted by Gasteiger charge is -2.53. The van der Waals surface area contributed by atoms with Crippen LogP contribution in [0.4, 0.5) is 0 Å². The smallest absolute Gasteiger partial charge is 0.305 e. The molecule has 172 valence electrons. The second-order valence-electron chi connectivity index (χ2n) is 11.2. The van der Waals surface area contributed by atoms with Crippen molar-refractivity contribution >= 4 is 11.9 Å². The number of rotatable bonds is 5. The summed E-state index contributed by atoms with van der Waals surface area (Å²) in [5.74, 6) is 2.17. The fourth-order valence-corrected chi connectivity index (χ4v) is 7.78. The van der Waals surface area contributed by atoms with Crippen molar-refractivity contribution in [3.63, 3.8) is 0 Å². The Balaban J connectivity index is 1.52. The predicted molar refractivity (Wildman–Crippen MR) is 121 cm³/mol. The summed E-state index contributed by atoms with van der Waals surface area (Å²) in [6, 6.07) is 0. The normalized spacial score (nSPS) is 39.9. The van der Waals surface area contributed by atoms with Crippen molar-refractivity contribution in [3.05, 3.63) is 23.3 Å². The quantitative estimate of drug-likeness (QED) is 0.504. The highest BCUT2D eigenvalue weighted by Crippen LogP contribution is 2.65. The first-order valence-corrected chi connectivity index (χ1v) is 12.3. The third kappa shape index (κ3) is 3.89. The molecule has 0 amide bonds. The van der Waals surface area contributed by atoms with Crippen LogP contribution < -0.4 is 0 Å². The highest BCUT2D eigenvalue weighted by atomic mass is 16.5. The Morgan fingerprint density at radius 1 is 1.19 bits per heavy atom. The molecule has 0 saturated heterocycles. The molecule has 0 aliphatic heterocycles. The molecule has 4 rings (SSSR count). The van der Waals surface area contributed by atoms with E-state index in [1.165, 1.54) is 26.9 Å². The minimum absolute atomic E-state index is 0.0873. The molecule has 0 unspecified atom stereocenters. The maximum Gasteiger partial charge on any atom is 0.305 e. The number of esters is 2. The molecule has 4 aliphatic carbocycles. The first-order chi connectivity index (χ1) is 14.7. The van der Waals surface area contributed by atoms with E-state index >= 15 is 0 Å². The summed E-state index contributed by atoms with van der Waals surface area (Å²) in [4.78, 5) is 23.1. The molecule has 0 radical (unpaired) electrons.